The summed E-state index contributed by atoms with van der Waals surface area (Å²) in [6.45, 7) is 3.37. The van der Waals surface area contributed by atoms with Crippen molar-refractivity contribution >= 4 is 5.97 Å². The van der Waals surface area contributed by atoms with Gasteiger partial charge in [0.2, 0.25) is 0 Å². The number of aromatic nitrogens is 3. The first-order valence-corrected chi connectivity index (χ1v) is 6.74. The molecule has 0 spiro atoms. The van der Waals surface area contributed by atoms with Crippen molar-refractivity contribution in [3.05, 3.63) is 36.2 Å². The molecule has 1 heterocycles. The van der Waals surface area contributed by atoms with E-state index in [2.05, 4.69) is 10.1 Å². The van der Waals surface area contributed by atoms with E-state index in [0.717, 1.165) is 12.1 Å². The Labute approximate surface area is 129 Å². The number of hydrogen-bond acceptors (Lipinski definition) is 5. The summed E-state index contributed by atoms with van der Waals surface area (Å²) in [5.74, 6) is -0.557. The molecule has 0 saturated carbocycles. The van der Waals surface area contributed by atoms with Gasteiger partial charge in [0, 0.05) is 0 Å². The van der Waals surface area contributed by atoms with Crippen LogP contribution >= 0.6 is 0 Å². The highest BCUT2D eigenvalue weighted by Gasteiger charge is 2.30. The fourth-order valence-electron chi connectivity index (χ4n) is 1.70. The molecule has 0 N–H and O–H groups in total. The first-order valence-electron chi connectivity index (χ1n) is 6.74. The molecule has 0 saturated heterocycles. The quantitative estimate of drug-likeness (QED) is 0.789. The molecule has 2 aromatic rings. The highest BCUT2D eigenvalue weighted by molar-refractivity contribution is 5.74. The van der Waals surface area contributed by atoms with Crippen LogP contribution in [0.5, 0.6) is 6.01 Å². The van der Waals surface area contributed by atoms with Crippen molar-refractivity contribution < 1.29 is 27.4 Å². The molecule has 0 aliphatic heterocycles. The minimum atomic E-state index is -4.40. The predicted octanol–water partition coefficient (Wildman–Crippen LogP) is 2.62. The van der Waals surface area contributed by atoms with Gasteiger partial charge in [-0.05, 0) is 38.1 Å². The Morgan fingerprint density at radius 1 is 1.30 bits per heavy atom. The Morgan fingerprint density at radius 2 is 1.96 bits per heavy atom. The highest BCUT2D eigenvalue weighted by atomic mass is 19.4. The van der Waals surface area contributed by atoms with Crippen molar-refractivity contribution in [2.75, 3.05) is 6.61 Å². The average Bonchev–Trinajstić information content (AvgIpc) is 2.95. The summed E-state index contributed by atoms with van der Waals surface area (Å²) in [6, 6.07) is 4.33. The van der Waals surface area contributed by atoms with Gasteiger partial charge in [0.05, 0.1) is 17.9 Å². The molecular formula is C14H14F3N3O3. The summed E-state index contributed by atoms with van der Waals surface area (Å²) in [7, 11) is 0. The molecule has 6 nitrogen and oxygen atoms in total. The summed E-state index contributed by atoms with van der Waals surface area (Å²) >= 11 is 0. The summed E-state index contributed by atoms with van der Waals surface area (Å²) in [4.78, 5) is 15.3. The zero-order valence-electron chi connectivity index (χ0n) is 12.4. The lowest BCUT2D eigenvalue weighted by molar-refractivity contribution is -0.150. The van der Waals surface area contributed by atoms with E-state index < -0.39 is 23.8 Å². The Kier molecular flexibility index (Phi) is 4.87. The molecule has 0 fully saturated rings. The third-order valence-electron chi connectivity index (χ3n) is 2.83. The van der Waals surface area contributed by atoms with E-state index in [1.807, 2.05) is 0 Å². The number of carbonyl (C=O) groups excluding carboxylic acids is 1. The van der Waals surface area contributed by atoms with Gasteiger partial charge >= 0.3 is 18.2 Å². The number of alkyl halides is 3. The summed E-state index contributed by atoms with van der Waals surface area (Å²) in [5.41, 5.74) is -0.377. The fourth-order valence-corrected chi connectivity index (χ4v) is 1.70. The minimum absolute atomic E-state index is 0.0783. The number of halogens is 3. The monoisotopic (exact) mass is 329 g/mol. The number of hydrogen-bond donors (Lipinski definition) is 0. The number of carbonyl (C=O) groups is 1. The van der Waals surface area contributed by atoms with E-state index in [4.69, 9.17) is 9.47 Å². The lowest BCUT2D eigenvalue weighted by atomic mass is 10.2. The number of esters is 1. The molecule has 0 radical (unpaired) electrons. The molecule has 1 atom stereocenters. The van der Waals surface area contributed by atoms with Gasteiger partial charge in [0.1, 0.15) is 6.33 Å². The maximum Gasteiger partial charge on any atom is 0.416 e. The highest BCUT2D eigenvalue weighted by Crippen LogP contribution is 2.29. The summed E-state index contributed by atoms with van der Waals surface area (Å²) < 4.78 is 48.8. The Morgan fingerprint density at radius 3 is 2.52 bits per heavy atom. The molecule has 9 heteroatoms. The summed E-state index contributed by atoms with van der Waals surface area (Å²) in [6.07, 6.45) is -4.02. The van der Waals surface area contributed by atoms with Crippen LogP contribution in [0.15, 0.2) is 30.6 Å². The van der Waals surface area contributed by atoms with Gasteiger partial charge in [-0.15, -0.1) is 5.10 Å². The molecule has 0 aliphatic carbocycles. The largest absolute Gasteiger partial charge is 0.463 e. The van der Waals surface area contributed by atoms with E-state index in [1.54, 1.807) is 6.92 Å². The third-order valence-corrected chi connectivity index (χ3v) is 2.83. The topological polar surface area (TPSA) is 66.2 Å². The van der Waals surface area contributed by atoms with Crippen LogP contribution in [-0.4, -0.2) is 33.4 Å². The van der Waals surface area contributed by atoms with Crippen LogP contribution in [0.1, 0.15) is 19.4 Å². The lowest BCUT2D eigenvalue weighted by Crippen LogP contribution is -2.26. The molecule has 1 unspecified atom stereocenters. The van der Waals surface area contributed by atoms with Crippen LogP contribution < -0.4 is 4.74 Å². The van der Waals surface area contributed by atoms with Gasteiger partial charge < -0.3 is 9.47 Å². The Hall–Kier alpha value is -2.58. The van der Waals surface area contributed by atoms with Gasteiger partial charge in [0.15, 0.2) is 6.10 Å². The standard InChI is InChI=1S/C14H14F3N3O3/c1-3-22-12(21)9(2)23-13-18-8-20(19-13)11-6-4-10(5-7-11)14(15,16)17/h4-9H,3H2,1-2H3. The average molecular weight is 329 g/mol. The predicted molar refractivity (Wildman–Crippen MR) is 73.1 cm³/mol. The van der Waals surface area contributed by atoms with Crippen molar-refractivity contribution in [2.45, 2.75) is 26.1 Å². The van der Waals surface area contributed by atoms with Gasteiger partial charge in [0.25, 0.3) is 0 Å². The van der Waals surface area contributed by atoms with Crippen LogP contribution in [0.2, 0.25) is 0 Å². The van der Waals surface area contributed by atoms with Crippen LogP contribution in [0.4, 0.5) is 13.2 Å². The minimum Gasteiger partial charge on any atom is -0.463 e. The van der Waals surface area contributed by atoms with Gasteiger partial charge in [-0.2, -0.15) is 18.2 Å². The van der Waals surface area contributed by atoms with Gasteiger partial charge in [-0.25, -0.2) is 9.48 Å². The van der Waals surface area contributed by atoms with Crippen molar-refractivity contribution in [2.24, 2.45) is 0 Å². The second-order valence-corrected chi connectivity index (χ2v) is 4.53. The third kappa shape index (κ3) is 4.21. The molecule has 1 aromatic carbocycles. The van der Waals surface area contributed by atoms with Crippen molar-refractivity contribution in [3.8, 4) is 11.7 Å². The van der Waals surface area contributed by atoms with Crippen LogP contribution in [-0.2, 0) is 15.7 Å². The zero-order chi connectivity index (χ0) is 17.0. The Bertz CT molecular complexity index is 668. The molecular weight excluding hydrogens is 315 g/mol. The van der Waals surface area contributed by atoms with E-state index in [-0.39, 0.29) is 12.6 Å². The second-order valence-electron chi connectivity index (χ2n) is 4.53. The van der Waals surface area contributed by atoms with E-state index >= 15 is 0 Å². The molecule has 0 amide bonds. The fraction of sp³-hybridized carbons (Fsp3) is 0.357. The van der Waals surface area contributed by atoms with E-state index in [1.165, 1.54) is 30.1 Å². The van der Waals surface area contributed by atoms with Crippen LogP contribution in [0.25, 0.3) is 5.69 Å². The number of rotatable bonds is 5. The SMILES string of the molecule is CCOC(=O)C(C)Oc1ncn(-c2ccc(C(F)(F)F)cc2)n1. The van der Waals surface area contributed by atoms with E-state index in [9.17, 15) is 18.0 Å². The van der Waals surface area contributed by atoms with Gasteiger partial charge in [-0.3, -0.25) is 0 Å². The second kappa shape index (κ2) is 6.67. The summed E-state index contributed by atoms with van der Waals surface area (Å²) in [5, 5.41) is 3.95. The number of nitrogens with zero attached hydrogens (tertiary/aromatic N) is 3. The molecule has 124 valence electrons. The van der Waals surface area contributed by atoms with Gasteiger partial charge in [-0.1, -0.05) is 0 Å². The van der Waals surface area contributed by atoms with E-state index in [0.29, 0.717) is 5.69 Å². The zero-order valence-corrected chi connectivity index (χ0v) is 12.4. The first-order chi connectivity index (χ1) is 10.8. The van der Waals surface area contributed by atoms with Crippen LogP contribution in [0, 0.1) is 0 Å². The van der Waals surface area contributed by atoms with Crippen molar-refractivity contribution in [1.82, 2.24) is 14.8 Å². The van der Waals surface area contributed by atoms with Crippen molar-refractivity contribution in [1.29, 1.82) is 0 Å². The smallest absolute Gasteiger partial charge is 0.416 e. The van der Waals surface area contributed by atoms with Crippen LogP contribution in [0.3, 0.4) is 0 Å². The normalized spacial score (nSPS) is 12.7. The molecule has 1 aromatic heterocycles. The molecule has 0 aliphatic rings. The molecule has 23 heavy (non-hydrogen) atoms. The maximum absolute atomic E-state index is 12.5. The molecule has 2 rings (SSSR count). The number of ether oxygens (including phenoxy) is 2. The maximum atomic E-state index is 12.5. The van der Waals surface area contributed by atoms with Crippen molar-refractivity contribution in [3.63, 3.8) is 0 Å². The molecule has 0 bridgehead atoms. The lowest BCUT2D eigenvalue weighted by Gasteiger charge is -2.10. The first kappa shape index (κ1) is 16.8. The number of benzene rings is 1. The Balaban J connectivity index is 2.08.